The van der Waals surface area contributed by atoms with Crippen LogP contribution in [-0.4, -0.2) is 22.8 Å². The Hall–Kier alpha value is -2.40. The van der Waals surface area contributed by atoms with Crippen molar-refractivity contribution in [3.8, 4) is 0 Å². The maximum Gasteiger partial charge on any atom is 0.251 e. The Morgan fingerprint density at radius 1 is 1.17 bits per heavy atom. The van der Waals surface area contributed by atoms with Crippen molar-refractivity contribution in [3.63, 3.8) is 0 Å². The number of carbonyl (C=O) groups is 2. The monoisotopic (exact) mass is 345 g/mol. The number of nitrogens with zero attached hydrogens (tertiary/aromatic N) is 1. The van der Waals surface area contributed by atoms with Gasteiger partial charge in [0.2, 0.25) is 0 Å². The summed E-state index contributed by atoms with van der Waals surface area (Å²) in [7, 11) is 0. The molecule has 0 aliphatic heterocycles. The molecular formula is C18H20ClN3O2. The van der Waals surface area contributed by atoms with Gasteiger partial charge in [0.25, 0.3) is 11.8 Å². The number of hydrogen-bond donors (Lipinski definition) is 2. The second-order valence-corrected chi connectivity index (χ2v) is 5.92. The molecule has 126 valence electrons. The summed E-state index contributed by atoms with van der Waals surface area (Å²) in [5, 5.41) is 6.00. The van der Waals surface area contributed by atoms with E-state index in [4.69, 9.17) is 11.6 Å². The van der Waals surface area contributed by atoms with E-state index in [1.165, 1.54) is 12.3 Å². The van der Waals surface area contributed by atoms with Gasteiger partial charge >= 0.3 is 0 Å². The normalized spacial score (nSPS) is 11.6. The van der Waals surface area contributed by atoms with E-state index in [-0.39, 0.29) is 23.0 Å². The molecular weight excluding hydrogens is 326 g/mol. The Bertz CT molecular complexity index is 734. The number of hydrogen-bond acceptors (Lipinski definition) is 3. The van der Waals surface area contributed by atoms with Crippen molar-refractivity contribution in [2.24, 2.45) is 0 Å². The van der Waals surface area contributed by atoms with Crippen LogP contribution in [0.15, 0.2) is 42.6 Å². The Labute approximate surface area is 146 Å². The highest BCUT2D eigenvalue weighted by atomic mass is 35.5. The van der Waals surface area contributed by atoms with Crippen molar-refractivity contribution in [2.75, 3.05) is 0 Å². The number of pyridine rings is 1. The molecule has 2 aromatic rings. The van der Waals surface area contributed by atoms with Crippen LogP contribution in [0.4, 0.5) is 0 Å². The molecule has 1 heterocycles. The lowest BCUT2D eigenvalue weighted by molar-refractivity contribution is 0.0936. The highest BCUT2D eigenvalue weighted by Gasteiger charge is 2.10. The third kappa shape index (κ3) is 5.06. The number of amides is 2. The molecule has 0 fully saturated rings. The lowest BCUT2D eigenvalue weighted by atomic mass is 10.1. The molecule has 0 saturated heterocycles. The summed E-state index contributed by atoms with van der Waals surface area (Å²) in [6.45, 7) is 4.30. The summed E-state index contributed by atoms with van der Waals surface area (Å²) < 4.78 is 0. The fraction of sp³-hybridized carbons (Fsp3) is 0.278. The van der Waals surface area contributed by atoms with Crippen molar-refractivity contribution in [1.29, 1.82) is 0 Å². The summed E-state index contributed by atoms with van der Waals surface area (Å²) >= 11 is 5.78. The van der Waals surface area contributed by atoms with Gasteiger partial charge in [0, 0.05) is 29.9 Å². The molecule has 1 atom stereocenters. The van der Waals surface area contributed by atoms with Crippen molar-refractivity contribution in [1.82, 2.24) is 15.6 Å². The van der Waals surface area contributed by atoms with Gasteiger partial charge in [-0.05, 0) is 43.2 Å². The zero-order chi connectivity index (χ0) is 17.5. The smallest absolute Gasteiger partial charge is 0.251 e. The number of benzene rings is 1. The number of carbonyl (C=O) groups excluding carboxylic acids is 2. The first kappa shape index (κ1) is 17.9. The van der Waals surface area contributed by atoms with Crippen molar-refractivity contribution >= 4 is 23.4 Å². The molecule has 0 radical (unpaired) electrons. The van der Waals surface area contributed by atoms with Gasteiger partial charge < -0.3 is 10.6 Å². The van der Waals surface area contributed by atoms with Crippen molar-refractivity contribution in [3.05, 3.63) is 64.4 Å². The predicted molar refractivity (Wildman–Crippen MR) is 94.1 cm³/mol. The zero-order valence-corrected chi connectivity index (χ0v) is 14.4. The summed E-state index contributed by atoms with van der Waals surface area (Å²) in [4.78, 5) is 28.1. The maximum absolute atomic E-state index is 12.1. The highest BCUT2D eigenvalue weighted by molar-refractivity contribution is 6.29. The molecule has 5 nitrogen and oxygen atoms in total. The molecule has 0 bridgehead atoms. The van der Waals surface area contributed by atoms with Crippen LogP contribution in [-0.2, 0) is 6.54 Å². The van der Waals surface area contributed by atoms with E-state index in [9.17, 15) is 9.59 Å². The molecule has 0 aliphatic rings. The standard InChI is InChI=1S/C18H20ClN3O2/c1-3-12(2)22-18(24)14-6-4-5-13(9-14)11-21-17(23)15-7-8-20-16(19)10-15/h4-10,12H,3,11H2,1-2H3,(H,21,23)(H,22,24)/t12-/m1/s1. The van der Waals surface area contributed by atoms with Crippen LogP contribution in [0.25, 0.3) is 0 Å². The fourth-order valence-electron chi connectivity index (χ4n) is 2.06. The molecule has 1 aromatic heterocycles. The largest absolute Gasteiger partial charge is 0.350 e. The number of aromatic nitrogens is 1. The Morgan fingerprint density at radius 3 is 2.62 bits per heavy atom. The molecule has 2 N–H and O–H groups in total. The molecule has 0 spiro atoms. The average Bonchev–Trinajstić information content (AvgIpc) is 2.59. The van der Waals surface area contributed by atoms with Crippen LogP contribution in [0.2, 0.25) is 5.15 Å². The predicted octanol–water partition coefficient (Wildman–Crippen LogP) is 3.19. The number of halogens is 1. The minimum atomic E-state index is -0.242. The summed E-state index contributed by atoms with van der Waals surface area (Å²) in [5.74, 6) is -0.354. The molecule has 0 unspecified atom stereocenters. The topological polar surface area (TPSA) is 71.1 Å². The Balaban J connectivity index is 1.99. The molecule has 24 heavy (non-hydrogen) atoms. The van der Waals surface area contributed by atoms with E-state index in [0.717, 1.165) is 12.0 Å². The van der Waals surface area contributed by atoms with Crippen LogP contribution >= 0.6 is 11.6 Å². The zero-order valence-electron chi connectivity index (χ0n) is 13.7. The van der Waals surface area contributed by atoms with Gasteiger partial charge in [-0.15, -0.1) is 0 Å². The van der Waals surface area contributed by atoms with Crippen LogP contribution in [0, 0.1) is 0 Å². The van der Waals surface area contributed by atoms with Gasteiger partial charge in [0.1, 0.15) is 5.15 Å². The fourth-order valence-corrected chi connectivity index (χ4v) is 2.23. The van der Waals surface area contributed by atoms with Crippen molar-refractivity contribution < 1.29 is 9.59 Å². The molecule has 0 aliphatic carbocycles. The van der Waals surface area contributed by atoms with Crippen LogP contribution in [0.3, 0.4) is 0 Å². The molecule has 2 rings (SSSR count). The van der Waals surface area contributed by atoms with Gasteiger partial charge in [-0.2, -0.15) is 0 Å². The summed E-state index contributed by atoms with van der Waals surface area (Å²) in [5.41, 5.74) is 1.87. The molecule has 6 heteroatoms. The lowest BCUT2D eigenvalue weighted by Crippen LogP contribution is -2.32. The Morgan fingerprint density at radius 2 is 1.92 bits per heavy atom. The lowest BCUT2D eigenvalue weighted by Gasteiger charge is -2.12. The van der Waals surface area contributed by atoms with Crippen LogP contribution < -0.4 is 10.6 Å². The highest BCUT2D eigenvalue weighted by Crippen LogP contribution is 2.09. The second-order valence-electron chi connectivity index (χ2n) is 5.53. The second kappa shape index (κ2) is 8.45. The van der Waals surface area contributed by atoms with E-state index in [0.29, 0.717) is 17.7 Å². The van der Waals surface area contributed by atoms with Gasteiger partial charge in [-0.25, -0.2) is 4.98 Å². The van der Waals surface area contributed by atoms with E-state index in [1.54, 1.807) is 24.3 Å². The molecule has 0 saturated carbocycles. The maximum atomic E-state index is 12.1. The third-order valence-corrected chi connectivity index (χ3v) is 3.83. The Kier molecular flexibility index (Phi) is 6.32. The van der Waals surface area contributed by atoms with E-state index < -0.39 is 0 Å². The van der Waals surface area contributed by atoms with E-state index in [2.05, 4.69) is 15.6 Å². The quantitative estimate of drug-likeness (QED) is 0.790. The van der Waals surface area contributed by atoms with Gasteiger partial charge in [-0.3, -0.25) is 9.59 Å². The van der Waals surface area contributed by atoms with E-state index >= 15 is 0 Å². The first-order valence-corrected chi connectivity index (χ1v) is 8.17. The molecule has 2 amide bonds. The minimum Gasteiger partial charge on any atom is -0.350 e. The van der Waals surface area contributed by atoms with Crippen LogP contribution in [0.1, 0.15) is 46.5 Å². The first-order chi connectivity index (χ1) is 11.5. The van der Waals surface area contributed by atoms with Gasteiger partial charge in [0.15, 0.2) is 0 Å². The van der Waals surface area contributed by atoms with Gasteiger partial charge in [-0.1, -0.05) is 30.7 Å². The first-order valence-electron chi connectivity index (χ1n) is 7.79. The van der Waals surface area contributed by atoms with Crippen LogP contribution in [0.5, 0.6) is 0 Å². The SMILES string of the molecule is CC[C@@H](C)NC(=O)c1cccc(CNC(=O)c2ccnc(Cl)c2)c1. The minimum absolute atomic E-state index is 0.113. The van der Waals surface area contributed by atoms with E-state index in [1.807, 2.05) is 19.9 Å². The average molecular weight is 346 g/mol. The summed E-state index contributed by atoms with van der Waals surface area (Å²) in [6.07, 6.45) is 2.35. The number of rotatable bonds is 6. The molecule has 1 aromatic carbocycles. The van der Waals surface area contributed by atoms with Gasteiger partial charge in [0.05, 0.1) is 0 Å². The number of nitrogens with one attached hydrogen (secondary N) is 2. The third-order valence-electron chi connectivity index (χ3n) is 3.62. The van der Waals surface area contributed by atoms with Crippen molar-refractivity contribution in [2.45, 2.75) is 32.9 Å². The summed E-state index contributed by atoms with van der Waals surface area (Å²) in [6, 6.07) is 10.4.